The Kier molecular flexibility index (Phi) is 6.18. The average molecular weight is 403 g/mol. The lowest BCUT2D eigenvalue weighted by Gasteiger charge is -2.47. The lowest BCUT2D eigenvalue weighted by Crippen LogP contribution is -2.53. The van der Waals surface area contributed by atoms with E-state index >= 15 is 0 Å². The molecule has 158 valence electrons. The summed E-state index contributed by atoms with van der Waals surface area (Å²) in [7, 11) is 0. The highest BCUT2D eigenvalue weighted by Gasteiger charge is 2.42. The van der Waals surface area contributed by atoms with E-state index in [4.69, 9.17) is 4.74 Å². The molecule has 0 aromatic heterocycles. The van der Waals surface area contributed by atoms with Gasteiger partial charge in [0.1, 0.15) is 5.82 Å². The number of nitrogens with zero attached hydrogens (tertiary/aromatic N) is 2. The molecule has 0 bridgehead atoms. The van der Waals surface area contributed by atoms with E-state index in [1.807, 2.05) is 9.80 Å². The fourth-order valence-electron chi connectivity index (χ4n) is 5.00. The van der Waals surface area contributed by atoms with Gasteiger partial charge in [-0.3, -0.25) is 9.59 Å². The summed E-state index contributed by atoms with van der Waals surface area (Å²) in [6, 6.07) is 6.37. The average Bonchev–Trinajstić information content (AvgIpc) is 3.24. The van der Waals surface area contributed by atoms with Crippen LogP contribution in [0.3, 0.4) is 0 Å². The van der Waals surface area contributed by atoms with Gasteiger partial charge in [-0.15, -0.1) is 0 Å². The number of aryl methyl sites for hydroxylation is 1. The number of halogens is 1. The van der Waals surface area contributed by atoms with E-state index in [-0.39, 0.29) is 29.2 Å². The summed E-state index contributed by atoms with van der Waals surface area (Å²) in [5.74, 6) is 0.178. The number of likely N-dealkylation sites (tertiary alicyclic amines) is 2. The van der Waals surface area contributed by atoms with Crippen molar-refractivity contribution >= 4 is 11.8 Å². The first-order valence-corrected chi connectivity index (χ1v) is 10.9. The smallest absolute Gasteiger partial charge is 0.222 e. The number of rotatable bonds is 5. The first-order valence-electron chi connectivity index (χ1n) is 10.9. The highest BCUT2D eigenvalue weighted by atomic mass is 19.1. The maximum absolute atomic E-state index is 13.0. The molecule has 1 aromatic carbocycles. The van der Waals surface area contributed by atoms with Gasteiger partial charge in [0, 0.05) is 45.6 Å². The quantitative estimate of drug-likeness (QED) is 0.760. The number of carbonyl (C=O) groups excluding carboxylic acids is 2. The van der Waals surface area contributed by atoms with Crippen molar-refractivity contribution in [1.82, 2.24) is 9.80 Å². The molecular formula is C23H31FN2O3. The van der Waals surface area contributed by atoms with E-state index in [2.05, 4.69) is 0 Å². The number of hydrogen-bond acceptors (Lipinski definition) is 3. The molecule has 3 heterocycles. The number of amides is 2. The summed E-state index contributed by atoms with van der Waals surface area (Å²) in [5, 5.41) is 0. The summed E-state index contributed by atoms with van der Waals surface area (Å²) < 4.78 is 18.7. The zero-order valence-corrected chi connectivity index (χ0v) is 17.1. The molecule has 3 aliphatic heterocycles. The monoisotopic (exact) mass is 402 g/mol. The van der Waals surface area contributed by atoms with Gasteiger partial charge in [0.15, 0.2) is 0 Å². The van der Waals surface area contributed by atoms with Crippen LogP contribution in [0.25, 0.3) is 0 Å². The molecule has 0 radical (unpaired) electrons. The molecule has 29 heavy (non-hydrogen) atoms. The van der Waals surface area contributed by atoms with E-state index in [9.17, 15) is 14.0 Å². The molecule has 5 nitrogen and oxygen atoms in total. The highest BCUT2D eigenvalue weighted by molar-refractivity contribution is 5.78. The van der Waals surface area contributed by atoms with E-state index in [0.717, 1.165) is 70.5 Å². The molecule has 3 aliphatic rings. The van der Waals surface area contributed by atoms with Gasteiger partial charge in [0.05, 0.1) is 6.10 Å². The summed E-state index contributed by atoms with van der Waals surface area (Å²) >= 11 is 0. The van der Waals surface area contributed by atoms with Crippen molar-refractivity contribution in [3.05, 3.63) is 35.6 Å². The van der Waals surface area contributed by atoms with Crippen LogP contribution < -0.4 is 0 Å². The van der Waals surface area contributed by atoms with Crippen LogP contribution in [-0.4, -0.2) is 60.5 Å². The molecule has 4 rings (SSSR count). The first-order chi connectivity index (χ1) is 14.0. The third kappa shape index (κ3) is 4.97. The molecule has 1 atom stereocenters. The lowest BCUT2D eigenvalue weighted by atomic mass is 9.72. The molecule has 0 aliphatic carbocycles. The molecule has 1 spiro atoms. The first kappa shape index (κ1) is 20.3. The maximum atomic E-state index is 13.0. The predicted molar refractivity (Wildman–Crippen MR) is 108 cm³/mol. The highest BCUT2D eigenvalue weighted by Crippen LogP contribution is 2.40. The van der Waals surface area contributed by atoms with Crippen molar-refractivity contribution < 1.29 is 18.7 Å². The summed E-state index contributed by atoms with van der Waals surface area (Å²) in [5.41, 5.74) is 1.14. The number of hydrogen-bond donors (Lipinski definition) is 0. The fraction of sp³-hybridized carbons (Fsp3) is 0.652. The van der Waals surface area contributed by atoms with Gasteiger partial charge in [-0.25, -0.2) is 4.39 Å². The Morgan fingerprint density at radius 2 is 1.93 bits per heavy atom. The van der Waals surface area contributed by atoms with Gasteiger partial charge in [-0.1, -0.05) is 12.1 Å². The van der Waals surface area contributed by atoms with Crippen LogP contribution in [0.4, 0.5) is 4.39 Å². The van der Waals surface area contributed by atoms with Crippen LogP contribution in [0.5, 0.6) is 0 Å². The second kappa shape index (κ2) is 8.82. The lowest BCUT2D eigenvalue weighted by molar-refractivity contribution is -0.144. The zero-order chi connectivity index (χ0) is 20.3. The van der Waals surface area contributed by atoms with Gasteiger partial charge >= 0.3 is 0 Å². The van der Waals surface area contributed by atoms with Crippen LogP contribution in [0.15, 0.2) is 24.3 Å². The SMILES string of the molecule is O=C(CCc1ccc(F)cc1)N1CCC2(CCC(=O)N(C[C@@H]3CCCO3)C2)CC1. The minimum Gasteiger partial charge on any atom is -0.376 e. The van der Waals surface area contributed by atoms with Crippen LogP contribution in [0.2, 0.25) is 0 Å². The maximum Gasteiger partial charge on any atom is 0.222 e. The Morgan fingerprint density at radius 1 is 1.17 bits per heavy atom. The second-order valence-electron chi connectivity index (χ2n) is 8.92. The fourth-order valence-corrected chi connectivity index (χ4v) is 5.00. The second-order valence-corrected chi connectivity index (χ2v) is 8.92. The molecule has 3 fully saturated rings. The van der Waals surface area contributed by atoms with Crippen LogP contribution >= 0.6 is 0 Å². The van der Waals surface area contributed by atoms with Gasteiger partial charge < -0.3 is 14.5 Å². The van der Waals surface area contributed by atoms with Crippen LogP contribution in [0, 0.1) is 11.2 Å². The van der Waals surface area contributed by atoms with Gasteiger partial charge in [0.25, 0.3) is 0 Å². The molecule has 0 unspecified atom stereocenters. The van der Waals surface area contributed by atoms with Crippen molar-refractivity contribution in [2.75, 3.05) is 32.8 Å². The molecule has 6 heteroatoms. The van der Waals surface area contributed by atoms with Crippen LogP contribution in [-0.2, 0) is 20.7 Å². The molecule has 0 saturated carbocycles. The Balaban J connectivity index is 1.26. The van der Waals surface area contributed by atoms with Crippen molar-refractivity contribution in [3.63, 3.8) is 0 Å². The van der Waals surface area contributed by atoms with Gasteiger partial charge in [0.2, 0.25) is 11.8 Å². The van der Waals surface area contributed by atoms with Crippen molar-refractivity contribution in [1.29, 1.82) is 0 Å². The number of benzene rings is 1. The third-order valence-electron chi connectivity index (χ3n) is 6.91. The number of ether oxygens (including phenoxy) is 1. The number of carbonyl (C=O) groups is 2. The van der Waals surface area contributed by atoms with Gasteiger partial charge in [-0.05, 0) is 61.6 Å². The minimum absolute atomic E-state index is 0.153. The van der Waals surface area contributed by atoms with E-state index in [1.54, 1.807) is 12.1 Å². The van der Waals surface area contributed by atoms with E-state index in [0.29, 0.717) is 19.3 Å². The minimum atomic E-state index is -0.249. The molecule has 2 amide bonds. The number of piperidine rings is 2. The standard InChI is InChI=1S/C23H31FN2O3/c24-19-6-3-18(4-7-19)5-8-21(27)25-13-11-23(12-14-25)10-9-22(28)26(17-23)16-20-2-1-15-29-20/h3-4,6-7,20H,1-2,5,8-17H2/t20-/m0/s1. The van der Waals surface area contributed by atoms with E-state index < -0.39 is 0 Å². The molecule has 1 aromatic rings. The predicted octanol–water partition coefficient (Wildman–Crippen LogP) is 3.17. The molecule has 0 N–H and O–H groups in total. The van der Waals surface area contributed by atoms with Crippen molar-refractivity contribution in [2.45, 2.75) is 57.5 Å². The summed E-state index contributed by atoms with van der Waals surface area (Å²) in [6.45, 7) is 3.88. The molecular weight excluding hydrogens is 371 g/mol. The van der Waals surface area contributed by atoms with Crippen LogP contribution in [0.1, 0.15) is 50.5 Å². The Labute approximate surface area is 172 Å². The summed E-state index contributed by atoms with van der Waals surface area (Å²) in [4.78, 5) is 29.0. The Morgan fingerprint density at radius 3 is 2.62 bits per heavy atom. The Bertz CT molecular complexity index is 722. The van der Waals surface area contributed by atoms with Crippen molar-refractivity contribution in [2.24, 2.45) is 5.41 Å². The topological polar surface area (TPSA) is 49.9 Å². The van der Waals surface area contributed by atoms with Crippen molar-refractivity contribution in [3.8, 4) is 0 Å². The third-order valence-corrected chi connectivity index (χ3v) is 6.91. The normalized spacial score (nSPS) is 24.3. The molecule has 3 saturated heterocycles. The van der Waals surface area contributed by atoms with Gasteiger partial charge in [-0.2, -0.15) is 0 Å². The zero-order valence-electron chi connectivity index (χ0n) is 17.1. The van der Waals surface area contributed by atoms with E-state index in [1.165, 1.54) is 12.1 Å². The largest absolute Gasteiger partial charge is 0.376 e. The Hall–Kier alpha value is -1.95. The summed E-state index contributed by atoms with van der Waals surface area (Å²) in [6.07, 6.45) is 6.92.